The van der Waals surface area contributed by atoms with Crippen molar-refractivity contribution in [1.29, 1.82) is 0 Å². The number of hydrogen-bond acceptors (Lipinski definition) is 2. The molecule has 0 saturated carbocycles. The average molecular weight is 362 g/mol. The fourth-order valence-corrected chi connectivity index (χ4v) is 2.45. The summed E-state index contributed by atoms with van der Waals surface area (Å²) in [5.74, 6) is 5.73. The highest BCUT2D eigenvalue weighted by molar-refractivity contribution is 5.94. The molecule has 0 aliphatic heterocycles. The van der Waals surface area contributed by atoms with Crippen LogP contribution in [-0.2, 0) is 5.41 Å². The maximum absolute atomic E-state index is 12.2. The molecule has 0 heterocycles. The zero-order valence-electron chi connectivity index (χ0n) is 16.6. The fraction of sp³-hybridized carbons (Fsp3) is 0.304. The molecule has 0 fully saturated rings. The highest BCUT2D eigenvalue weighted by atomic mass is 16.2. The van der Waals surface area contributed by atoms with Crippen LogP contribution in [0, 0.1) is 11.8 Å². The number of benzene rings is 2. The monoisotopic (exact) mass is 362 g/mol. The summed E-state index contributed by atoms with van der Waals surface area (Å²) < 4.78 is 0. The van der Waals surface area contributed by atoms with Crippen molar-refractivity contribution in [3.05, 3.63) is 70.8 Å². The second kappa shape index (κ2) is 8.55. The lowest BCUT2D eigenvalue weighted by atomic mass is 9.87. The molecule has 140 valence electrons. The van der Waals surface area contributed by atoms with Crippen LogP contribution in [0.4, 0.5) is 0 Å². The first kappa shape index (κ1) is 20.3. The first-order valence-corrected chi connectivity index (χ1v) is 8.88. The molecule has 27 heavy (non-hydrogen) atoms. The minimum Gasteiger partial charge on any atom is -0.345 e. The van der Waals surface area contributed by atoms with Gasteiger partial charge < -0.3 is 10.2 Å². The summed E-state index contributed by atoms with van der Waals surface area (Å²) in [6.07, 6.45) is 0. The number of rotatable bonds is 3. The van der Waals surface area contributed by atoms with Crippen LogP contribution in [-0.4, -0.2) is 37.4 Å². The first-order valence-electron chi connectivity index (χ1n) is 8.88. The molecule has 0 spiro atoms. The summed E-state index contributed by atoms with van der Waals surface area (Å²) in [5, 5.41) is 2.80. The Morgan fingerprint density at radius 2 is 1.48 bits per heavy atom. The molecule has 0 aliphatic rings. The van der Waals surface area contributed by atoms with Crippen molar-refractivity contribution in [2.45, 2.75) is 26.2 Å². The number of nitrogens with zero attached hydrogens (tertiary/aromatic N) is 1. The summed E-state index contributed by atoms with van der Waals surface area (Å²) in [4.78, 5) is 25.6. The van der Waals surface area contributed by atoms with Gasteiger partial charge in [0.15, 0.2) is 0 Å². The van der Waals surface area contributed by atoms with Crippen molar-refractivity contribution in [2.75, 3.05) is 20.6 Å². The van der Waals surface area contributed by atoms with Gasteiger partial charge in [-0.15, -0.1) is 0 Å². The highest BCUT2D eigenvalue weighted by Gasteiger charge is 2.14. The Balaban J connectivity index is 1.91. The van der Waals surface area contributed by atoms with Crippen LogP contribution in [0.3, 0.4) is 0 Å². The Labute approximate surface area is 161 Å². The maximum Gasteiger partial charge on any atom is 0.253 e. The van der Waals surface area contributed by atoms with Crippen LogP contribution >= 0.6 is 0 Å². The fourth-order valence-electron chi connectivity index (χ4n) is 2.45. The molecule has 0 saturated heterocycles. The topological polar surface area (TPSA) is 49.4 Å². The number of nitrogens with one attached hydrogen (secondary N) is 1. The van der Waals surface area contributed by atoms with E-state index in [1.807, 2.05) is 24.3 Å². The predicted octanol–water partition coefficient (Wildman–Crippen LogP) is 3.47. The molecule has 0 aromatic heterocycles. The van der Waals surface area contributed by atoms with Gasteiger partial charge in [0.2, 0.25) is 0 Å². The van der Waals surface area contributed by atoms with Crippen molar-refractivity contribution in [3.8, 4) is 11.8 Å². The van der Waals surface area contributed by atoms with Gasteiger partial charge in [0.25, 0.3) is 11.8 Å². The Kier molecular flexibility index (Phi) is 6.41. The molecule has 1 N–H and O–H groups in total. The van der Waals surface area contributed by atoms with Gasteiger partial charge in [0, 0.05) is 30.8 Å². The number of carbonyl (C=O) groups excluding carboxylic acids is 2. The van der Waals surface area contributed by atoms with Gasteiger partial charge in [-0.05, 0) is 47.4 Å². The van der Waals surface area contributed by atoms with E-state index in [1.165, 1.54) is 10.5 Å². The predicted molar refractivity (Wildman–Crippen MR) is 109 cm³/mol. The molecule has 0 bridgehead atoms. The van der Waals surface area contributed by atoms with Crippen molar-refractivity contribution in [2.24, 2.45) is 0 Å². The number of carbonyl (C=O) groups is 2. The largest absolute Gasteiger partial charge is 0.345 e. The van der Waals surface area contributed by atoms with E-state index >= 15 is 0 Å². The van der Waals surface area contributed by atoms with Crippen LogP contribution in [0.5, 0.6) is 0 Å². The molecule has 2 aromatic carbocycles. The Morgan fingerprint density at radius 1 is 0.926 bits per heavy atom. The molecular formula is C23H26N2O2. The Morgan fingerprint density at radius 3 is 2.00 bits per heavy atom. The van der Waals surface area contributed by atoms with E-state index in [0.717, 1.165) is 5.56 Å². The standard InChI is InChI=1S/C23H26N2O2/c1-23(2,3)20-14-12-18(13-15-20)21(26)24-16-6-7-17-8-10-19(11-9-17)22(27)25(4)5/h8-15H,16H2,1-5H3,(H,24,26). The average Bonchev–Trinajstić information content (AvgIpc) is 2.64. The molecular weight excluding hydrogens is 336 g/mol. The summed E-state index contributed by atoms with van der Waals surface area (Å²) in [7, 11) is 3.44. The number of amides is 2. The molecule has 0 atom stereocenters. The zero-order chi connectivity index (χ0) is 20.0. The number of hydrogen-bond donors (Lipinski definition) is 1. The van der Waals surface area contributed by atoms with E-state index in [9.17, 15) is 9.59 Å². The normalized spacial score (nSPS) is 10.6. The molecule has 2 amide bonds. The minimum atomic E-state index is -0.142. The van der Waals surface area contributed by atoms with E-state index in [2.05, 4.69) is 37.9 Å². The Bertz CT molecular complexity index is 862. The molecule has 4 heteroatoms. The van der Waals surface area contributed by atoms with Crippen molar-refractivity contribution >= 4 is 11.8 Å². The summed E-state index contributed by atoms with van der Waals surface area (Å²) in [5.41, 5.74) is 3.30. The van der Waals surface area contributed by atoms with Gasteiger partial charge in [-0.3, -0.25) is 9.59 Å². The van der Waals surface area contributed by atoms with Crippen molar-refractivity contribution in [1.82, 2.24) is 10.2 Å². The lowest BCUT2D eigenvalue weighted by Gasteiger charge is -2.18. The van der Waals surface area contributed by atoms with Gasteiger partial charge in [-0.1, -0.05) is 44.7 Å². The molecule has 2 aromatic rings. The molecule has 0 radical (unpaired) electrons. The van der Waals surface area contributed by atoms with E-state index in [-0.39, 0.29) is 23.8 Å². The van der Waals surface area contributed by atoms with E-state index in [0.29, 0.717) is 11.1 Å². The summed E-state index contributed by atoms with van der Waals surface area (Å²) in [6, 6.07) is 14.7. The molecule has 0 unspecified atom stereocenters. The SMILES string of the molecule is CN(C)C(=O)c1ccc(C#CCNC(=O)c2ccc(C(C)(C)C)cc2)cc1. The molecule has 4 nitrogen and oxygen atoms in total. The maximum atomic E-state index is 12.2. The van der Waals surface area contributed by atoms with Crippen LogP contribution in [0.15, 0.2) is 48.5 Å². The van der Waals surface area contributed by atoms with Gasteiger partial charge in [-0.25, -0.2) is 0 Å². The van der Waals surface area contributed by atoms with Gasteiger partial charge >= 0.3 is 0 Å². The third kappa shape index (κ3) is 5.72. The smallest absolute Gasteiger partial charge is 0.253 e. The van der Waals surface area contributed by atoms with Gasteiger partial charge in [0.05, 0.1) is 6.54 Å². The van der Waals surface area contributed by atoms with Crippen LogP contribution in [0.1, 0.15) is 52.6 Å². The summed E-state index contributed by atoms with van der Waals surface area (Å²) in [6.45, 7) is 6.68. The van der Waals surface area contributed by atoms with Gasteiger partial charge in [0.1, 0.15) is 0 Å². The van der Waals surface area contributed by atoms with Crippen LogP contribution in [0.2, 0.25) is 0 Å². The second-order valence-electron chi connectivity index (χ2n) is 7.59. The van der Waals surface area contributed by atoms with Crippen LogP contribution in [0.25, 0.3) is 0 Å². The zero-order valence-corrected chi connectivity index (χ0v) is 16.6. The van der Waals surface area contributed by atoms with E-state index in [1.54, 1.807) is 38.4 Å². The quantitative estimate of drug-likeness (QED) is 0.850. The highest BCUT2D eigenvalue weighted by Crippen LogP contribution is 2.22. The van der Waals surface area contributed by atoms with E-state index in [4.69, 9.17) is 0 Å². The Hall–Kier alpha value is -3.06. The van der Waals surface area contributed by atoms with Crippen molar-refractivity contribution in [3.63, 3.8) is 0 Å². The minimum absolute atomic E-state index is 0.0424. The second-order valence-corrected chi connectivity index (χ2v) is 7.59. The lowest BCUT2D eigenvalue weighted by Crippen LogP contribution is -2.23. The van der Waals surface area contributed by atoms with Crippen LogP contribution < -0.4 is 5.32 Å². The van der Waals surface area contributed by atoms with Gasteiger partial charge in [-0.2, -0.15) is 0 Å². The third-order valence-corrected chi connectivity index (χ3v) is 4.12. The lowest BCUT2D eigenvalue weighted by molar-refractivity contribution is 0.0827. The molecule has 0 aliphatic carbocycles. The molecule has 2 rings (SSSR count). The summed E-state index contributed by atoms with van der Waals surface area (Å²) >= 11 is 0. The first-order chi connectivity index (χ1) is 12.7. The van der Waals surface area contributed by atoms with Crippen molar-refractivity contribution < 1.29 is 9.59 Å². The third-order valence-electron chi connectivity index (χ3n) is 4.12. The van der Waals surface area contributed by atoms with E-state index < -0.39 is 0 Å².